The lowest BCUT2D eigenvalue weighted by molar-refractivity contribution is 0.0987. The Morgan fingerprint density at radius 1 is 1.35 bits per heavy atom. The zero-order valence-corrected chi connectivity index (χ0v) is 12.3. The number of aliphatic hydroxyl groups excluding tert-OH is 1. The Labute approximate surface area is 122 Å². The summed E-state index contributed by atoms with van der Waals surface area (Å²) in [5, 5.41) is 10.8. The Morgan fingerprint density at radius 2 is 2.10 bits per heavy atom. The molecule has 106 valence electrons. The first-order valence-electron chi connectivity index (χ1n) is 6.71. The normalized spacial score (nSPS) is 20.8. The quantitative estimate of drug-likeness (QED) is 0.834. The lowest BCUT2D eigenvalue weighted by Gasteiger charge is -2.34. The molecule has 2 aromatic rings. The largest absolute Gasteiger partial charge is 0.388 e. The third kappa shape index (κ3) is 2.25. The van der Waals surface area contributed by atoms with Crippen molar-refractivity contribution in [2.45, 2.75) is 32.8 Å². The third-order valence-electron chi connectivity index (χ3n) is 3.95. The summed E-state index contributed by atoms with van der Waals surface area (Å²) in [6.07, 6.45) is 2.96. The van der Waals surface area contributed by atoms with Gasteiger partial charge in [0.2, 0.25) is 0 Å². The first kappa shape index (κ1) is 13.7. The van der Waals surface area contributed by atoms with Gasteiger partial charge in [-0.05, 0) is 42.5 Å². The zero-order chi connectivity index (χ0) is 14.5. The monoisotopic (exact) mass is 293 g/mol. The molecular formula is C16H17ClFNO. The van der Waals surface area contributed by atoms with Gasteiger partial charge in [-0.1, -0.05) is 25.4 Å². The van der Waals surface area contributed by atoms with Crippen LogP contribution in [-0.2, 0) is 6.42 Å². The number of halogens is 2. The van der Waals surface area contributed by atoms with Crippen LogP contribution in [0.3, 0.4) is 0 Å². The molecule has 1 aromatic carbocycles. The van der Waals surface area contributed by atoms with Crippen molar-refractivity contribution in [3.63, 3.8) is 0 Å². The fourth-order valence-electron chi connectivity index (χ4n) is 3.03. The Hall–Kier alpha value is -1.32. The van der Waals surface area contributed by atoms with Gasteiger partial charge in [-0.3, -0.25) is 0 Å². The molecule has 1 aliphatic carbocycles. The van der Waals surface area contributed by atoms with Crippen molar-refractivity contribution < 1.29 is 9.50 Å². The van der Waals surface area contributed by atoms with Crippen LogP contribution in [0, 0.1) is 11.2 Å². The number of nitrogens with zero attached hydrogens (tertiary/aromatic N) is 1. The molecule has 1 aliphatic rings. The molecule has 0 saturated heterocycles. The summed E-state index contributed by atoms with van der Waals surface area (Å²) >= 11 is 6.19. The third-order valence-corrected chi connectivity index (χ3v) is 4.27. The predicted molar refractivity (Wildman–Crippen MR) is 77.8 cm³/mol. The highest BCUT2D eigenvalue weighted by molar-refractivity contribution is 6.32. The minimum Gasteiger partial charge on any atom is -0.388 e. The number of hydrogen-bond acceptors (Lipinski definition) is 1. The predicted octanol–water partition coefficient (Wildman–Crippen LogP) is 4.28. The first-order chi connectivity index (χ1) is 9.37. The van der Waals surface area contributed by atoms with E-state index in [9.17, 15) is 9.50 Å². The average Bonchev–Trinajstić information content (AvgIpc) is 2.74. The number of hydrogen-bond donors (Lipinski definition) is 1. The summed E-state index contributed by atoms with van der Waals surface area (Å²) in [6.45, 7) is 4.26. The van der Waals surface area contributed by atoms with Crippen LogP contribution in [0.1, 0.15) is 37.6 Å². The van der Waals surface area contributed by atoms with Crippen LogP contribution in [0.25, 0.3) is 5.69 Å². The molecule has 0 aliphatic heterocycles. The van der Waals surface area contributed by atoms with Crippen LogP contribution >= 0.6 is 11.6 Å². The van der Waals surface area contributed by atoms with Crippen LogP contribution in [-0.4, -0.2) is 9.67 Å². The van der Waals surface area contributed by atoms with Crippen LogP contribution in [0.4, 0.5) is 4.39 Å². The van der Waals surface area contributed by atoms with Gasteiger partial charge in [0.25, 0.3) is 0 Å². The topological polar surface area (TPSA) is 25.2 Å². The summed E-state index contributed by atoms with van der Waals surface area (Å²) in [7, 11) is 0. The van der Waals surface area contributed by atoms with E-state index >= 15 is 0 Å². The van der Waals surface area contributed by atoms with Crippen molar-refractivity contribution in [1.29, 1.82) is 0 Å². The van der Waals surface area contributed by atoms with E-state index in [1.165, 1.54) is 12.1 Å². The smallest absolute Gasteiger partial charge is 0.125 e. The maximum Gasteiger partial charge on any atom is 0.125 e. The second-order valence-corrected chi connectivity index (χ2v) is 6.65. The van der Waals surface area contributed by atoms with E-state index in [1.54, 1.807) is 6.07 Å². The summed E-state index contributed by atoms with van der Waals surface area (Å²) in [5.74, 6) is -0.317. The average molecular weight is 294 g/mol. The Morgan fingerprint density at radius 3 is 2.85 bits per heavy atom. The molecule has 2 nitrogen and oxygen atoms in total. The number of benzene rings is 1. The molecule has 20 heavy (non-hydrogen) atoms. The van der Waals surface area contributed by atoms with Gasteiger partial charge in [-0.15, -0.1) is 0 Å². The molecule has 0 bridgehead atoms. The highest BCUT2D eigenvalue weighted by Crippen LogP contribution is 2.42. The van der Waals surface area contributed by atoms with Crippen molar-refractivity contribution in [3.8, 4) is 5.69 Å². The lowest BCUT2D eigenvalue weighted by Crippen LogP contribution is -2.26. The van der Waals surface area contributed by atoms with E-state index < -0.39 is 6.10 Å². The van der Waals surface area contributed by atoms with Gasteiger partial charge in [0.1, 0.15) is 5.82 Å². The van der Waals surface area contributed by atoms with E-state index in [0.717, 1.165) is 24.1 Å². The zero-order valence-electron chi connectivity index (χ0n) is 11.5. The molecule has 1 atom stereocenters. The Kier molecular flexibility index (Phi) is 3.14. The molecule has 0 fully saturated rings. The maximum atomic E-state index is 13.5. The van der Waals surface area contributed by atoms with Crippen LogP contribution < -0.4 is 0 Å². The van der Waals surface area contributed by atoms with Crippen LogP contribution in [0.15, 0.2) is 30.5 Å². The van der Waals surface area contributed by atoms with E-state index in [1.807, 2.05) is 16.8 Å². The SMILES string of the molecule is CC1(C)Cc2c(ccn2-c2cc(F)ccc2Cl)C(O)C1. The van der Waals surface area contributed by atoms with Gasteiger partial charge in [-0.2, -0.15) is 0 Å². The summed E-state index contributed by atoms with van der Waals surface area (Å²) in [6, 6.07) is 6.23. The van der Waals surface area contributed by atoms with E-state index in [4.69, 9.17) is 11.6 Å². The van der Waals surface area contributed by atoms with E-state index in [2.05, 4.69) is 13.8 Å². The minimum absolute atomic E-state index is 0.0162. The fourth-order valence-corrected chi connectivity index (χ4v) is 3.23. The Balaban J connectivity index is 2.16. The van der Waals surface area contributed by atoms with Gasteiger partial charge in [-0.25, -0.2) is 4.39 Å². The molecular weight excluding hydrogens is 277 g/mol. The first-order valence-corrected chi connectivity index (χ1v) is 7.09. The molecule has 0 radical (unpaired) electrons. The minimum atomic E-state index is -0.470. The standard InChI is InChI=1S/C16H17ClFNO/c1-16(2)8-14-11(15(20)9-16)5-6-19(14)13-7-10(18)3-4-12(13)17/h3-7,15,20H,8-9H2,1-2H3. The second-order valence-electron chi connectivity index (χ2n) is 6.24. The van der Waals surface area contributed by atoms with Crippen LogP contribution in [0.2, 0.25) is 5.02 Å². The molecule has 1 unspecified atom stereocenters. The molecule has 0 saturated carbocycles. The molecule has 0 spiro atoms. The van der Waals surface area contributed by atoms with Gasteiger partial charge in [0.15, 0.2) is 0 Å². The van der Waals surface area contributed by atoms with Crippen molar-refractivity contribution in [2.24, 2.45) is 5.41 Å². The lowest BCUT2D eigenvalue weighted by atomic mass is 9.75. The fraction of sp³-hybridized carbons (Fsp3) is 0.375. The second kappa shape index (κ2) is 4.61. The Bertz CT molecular complexity index is 662. The highest BCUT2D eigenvalue weighted by Gasteiger charge is 2.33. The van der Waals surface area contributed by atoms with E-state index in [0.29, 0.717) is 10.7 Å². The summed E-state index contributed by atoms with van der Waals surface area (Å²) in [4.78, 5) is 0. The number of aromatic nitrogens is 1. The molecule has 1 N–H and O–H groups in total. The molecule has 1 heterocycles. The number of fused-ring (bicyclic) bond motifs is 1. The highest BCUT2D eigenvalue weighted by atomic mass is 35.5. The van der Waals surface area contributed by atoms with Crippen LogP contribution in [0.5, 0.6) is 0 Å². The van der Waals surface area contributed by atoms with Gasteiger partial charge >= 0.3 is 0 Å². The summed E-state index contributed by atoms with van der Waals surface area (Å²) in [5.41, 5.74) is 2.58. The molecule has 3 rings (SSSR count). The van der Waals surface area contributed by atoms with Crippen molar-refractivity contribution in [3.05, 3.63) is 52.6 Å². The van der Waals surface area contributed by atoms with Crippen molar-refractivity contribution in [1.82, 2.24) is 4.57 Å². The van der Waals surface area contributed by atoms with Crippen molar-refractivity contribution >= 4 is 11.6 Å². The maximum absolute atomic E-state index is 13.5. The van der Waals surface area contributed by atoms with Gasteiger partial charge < -0.3 is 9.67 Å². The van der Waals surface area contributed by atoms with Gasteiger partial charge in [0.05, 0.1) is 16.8 Å². The summed E-state index contributed by atoms with van der Waals surface area (Å²) < 4.78 is 15.4. The number of aliphatic hydroxyl groups is 1. The van der Waals surface area contributed by atoms with Gasteiger partial charge in [0, 0.05) is 17.5 Å². The number of rotatable bonds is 1. The molecule has 4 heteroatoms. The van der Waals surface area contributed by atoms with E-state index in [-0.39, 0.29) is 11.2 Å². The molecule has 1 aromatic heterocycles. The van der Waals surface area contributed by atoms with Crippen molar-refractivity contribution in [2.75, 3.05) is 0 Å². The molecule has 0 amide bonds.